The lowest BCUT2D eigenvalue weighted by molar-refractivity contribution is -0.127. The van der Waals surface area contributed by atoms with Gasteiger partial charge < -0.3 is 13.8 Å². The van der Waals surface area contributed by atoms with Crippen LogP contribution in [0, 0.1) is 5.92 Å². The van der Waals surface area contributed by atoms with E-state index < -0.39 is 0 Å². The molecular weight excluding hydrogens is 306 g/mol. The van der Waals surface area contributed by atoms with E-state index in [0.717, 1.165) is 38.2 Å². The van der Waals surface area contributed by atoms with Crippen LogP contribution in [0.2, 0.25) is 0 Å². The number of furan rings is 1. The fourth-order valence-electron chi connectivity index (χ4n) is 3.18. The van der Waals surface area contributed by atoms with Crippen LogP contribution in [0.15, 0.2) is 33.4 Å². The molecule has 1 atom stereocenters. The zero-order valence-electron chi connectivity index (χ0n) is 13.6. The van der Waals surface area contributed by atoms with Crippen molar-refractivity contribution in [2.45, 2.75) is 38.0 Å². The Labute approximate surface area is 140 Å². The van der Waals surface area contributed by atoms with Gasteiger partial charge in [0.2, 0.25) is 11.8 Å². The van der Waals surface area contributed by atoms with Crippen molar-refractivity contribution in [3.63, 3.8) is 0 Å². The molecule has 0 radical (unpaired) electrons. The molecule has 0 aromatic carbocycles. The Morgan fingerprint density at radius 1 is 1.38 bits per heavy atom. The Hall–Kier alpha value is -2.37. The Kier molecular flexibility index (Phi) is 4.19. The van der Waals surface area contributed by atoms with Crippen LogP contribution in [0.1, 0.15) is 49.1 Å². The number of likely N-dealkylation sites (tertiary alicyclic amines) is 1. The van der Waals surface area contributed by atoms with Crippen molar-refractivity contribution in [2.24, 2.45) is 5.92 Å². The van der Waals surface area contributed by atoms with E-state index in [9.17, 15) is 4.79 Å². The first-order valence-corrected chi connectivity index (χ1v) is 8.61. The molecule has 0 N–H and O–H groups in total. The molecule has 0 unspecified atom stereocenters. The molecule has 0 spiro atoms. The van der Waals surface area contributed by atoms with Gasteiger partial charge in [-0.2, -0.15) is 4.98 Å². The van der Waals surface area contributed by atoms with Crippen molar-refractivity contribution >= 4 is 12.0 Å². The number of aromatic nitrogens is 2. The minimum absolute atomic E-state index is 0.0281. The molecule has 1 saturated heterocycles. The van der Waals surface area contributed by atoms with Crippen LogP contribution in [0.5, 0.6) is 0 Å². The van der Waals surface area contributed by atoms with Crippen LogP contribution in [-0.4, -0.2) is 34.0 Å². The smallest absolute Gasteiger partial charge is 0.246 e. The highest BCUT2D eigenvalue weighted by Crippen LogP contribution is 2.38. The lowest BCUT2D eigenvalue weighted by Crippen LogP contribution is -2.39. The quantitative estimate of drug-likeness (QED) is 0.789. The maximum absolute atomic E-state index is 12.3. The molecule has 2 fully saturated rings. The fourth-order valence-corrected chi connectivity index (χ4v) is 3.18. The number of hydrogen-bond donors (Lipinski definition) is 0. The number of nitrogens with zero attached hydrogens (tertiary/aromatic N) is 3. The van der Waals surface area contributed by atoms with E-state index >= 15 is 0 Å². The second-order valence-corrected chi connectivity index (χ2v) is 6.67. The minimum Gasteiger partial charge on any atom is -0.465 e. The number of hydrogen-bond acceptors (Lipinski definition) is 5. The van der Waals surface area contributed by atoms with Gasteiger partial charge in [-0.25, -0.2) is 0 Å². The van der Waals surface area contributed by atoms with Gasteiger partial charge >= 0.3 is 0 Å². The number of piperidine rings is 1. The monoisotopic (exact) mass is 327 g/mol. The fraction of sp³-hybridized carbons (Fsp3) is 0.500. The average Bonchev–Trinajstić information content (AvgIpc) is 3.12. The van der Waals surface area contributed by atoms with Crippen LogP contribution < -0.4 is 0 Å². The molecule has 1 aliphatic heterocycles. The summed E-state index contributed by atoms with van der Waals surface area (Å²) in [5.74, 6) is 3.18. The summed E-state index contributed by atoms with van der Waals surface area (Å²) < 4.78 is 10.6. The third-order valence-corrected chi connectivity index (χ3v) is 4.65. The molecule has 6 heteroatoms. The molecule has 1 saturated carbocycles. The molecule has 2 aliphatic rings. The third-order valence-electron chi connectivity index (χ3n) is 4.65. The summed E-state index contributed by atoms with van der Waals surface area (Å²) in [6.45, 7) is 1.54. The summed E-state index contributed by atoms with van der Waals surface area (Å²) >= 11 is 0. The van der Waals surface area contributed by atoms with Gasteiger partial charge in [-0.3, -0.25) is 4.79 Å². The summed E-state index contributed by atoms with van der Waals surface area (Å²) in [7, 11) is 0. The van der Waals surface area contributed by atoms with E-state index in [0.29, 0.717) is 23.5 Å². The lowest BCUT2D eigenvalue weighted by atomic mass is 9.94. The maximum atomic E-state index is 12.3. The molecule has 2 aromatic rings. The van der Waals surface area contributed by atoms with Gasteiger partial charge in [0.1, 0.15) is 5.76 Å². The Bertz CT molecular complexity index is 716. The molecule has 3 heterocycles. The van der Waals surface area contributed by atoms with E-state index in [1.807, 2.05) is 11.0 Å². The molecule has 2 aromatic heterocycles. The molecule has 6 nitrogen and oxygen atoms in total. The highest BCUT2D eigenvalue weighted by molar-refractivity contribution is 5.91. The van der Waals surface area contributed by atoms with Gasteiger partial charge in [0.25, 0.3) is 0 Å². The summed E-state index contributed by atoms with van der Waals surface area (Å²) in [6, 6.07) is 3.64. The molecule has 0 bridgehead atoms. The molecule has 1 aliphatic carbocycles. The van der Waals surface area contributed by atoms with E-state index in [-0.39, 0.29) is 5.91 Å². The summed E-state index contributed by atoms with van der Waals surface area (Å²) in [5, 5.41) is 4.07. The van der Waals surface area contributed by atoms with Gasteiger partial charge in [0, 0.05) is 31.5 Å². The van der Waals surface area contributed by atoms with Crippen LogP contribution in [0.3, 0.4) is 0 Å². The van der Waals surface area contributed by atoms with Gasteiger partial charge in [0.05, 0.1) is 6.26 Å². The van der Waals surface area contributed by atoms with E-state index in [1.165, 1.54) is 12.8 Å². The highest BCUT2D eigenvalue weighted by atomic mass is 16.5. The van der Waals surface area contributed by atoms with E-state index in [2.05, 4.69) is 10.1 Å². The van der Waals surface area contributed by atoms with E-state index in [4.69, 9.17) is 8.94 Å². The number of rotatable bonds is 5. The first-order chi connectivity index (χ1) is 11.8. The summed E-state index contributed by atoms with van der Waals surface area (Å²) in [6.07, 6.45) is 10.1. The predicted octanol–water partition coefficient (Wildman–Crippen LogP) is 3.03. The average molecular weight is 327 g/mol. The van der Waals surface area contributed by atoms with Gasteiger partial charge in [-0.1, -0.05) is 5.16 Å². The van der Waals surface area contributed by atoms with Gasteiger partial charge in [-0.15, -0.1) is 0 Å². The molecular formula is C18H21N3O3. The topological polar surface area (TPSA) is 72.4 Å². The number of amides is 1. The molecule has 24 heavy (non-hydrogen) atoms. The van der Waals surface area contributed by atoms with Crippen LogP contribution >= 0.6 is 0 Å². The Morgan fingerprint density at radius 3 is 3.08 bits per heavy atom. The highest BCUT2D eigenvalue weighted by Gasteiger charge is 2.30. The Morgan fingerprint density at radius 2 is 2.29 bits per heavy atom. The summed E-state index contributed by atoms with van der Waals surface area (Å²) in [5.41, 5.74) is 0. The molecule has 4 rings (SSSR count). The second kappa shape index (κ2) is 6.63. The first kappa shape index (κ1) is 15.2. The van der Waals surface area contributed by atoms with Crippen molar-refractivity contribution in [3.8, 4) is 0 Å². The van der Waals surface area contributed by atoms with Crippen LogP contribution in [0.4, 0.5) is 0 Å². The molecule has 126 valence electrons. The normalized spacial score (nSPS) is 21.5. The number of carbonyl (C=O) groups is 1. The Balaban J connectivity index is 1.33. The summed E-state index contributed by atoms with van der Waals surface area (Å²) in [4.78, 5) is 18.7. The second-order valence-electron chi connectivity index (χ2n) is 6.67. The van der Waals surface area contributed by atoms with Crippen LogP contribution in [-0.2, 0) is 11.2 Å². The molecule has 1 amide bonds. The maximum Gasteiger partial charge on any atom is 0.246 e. The SMILES string of the molecule is O=C(/C=C/c1ccco1)N1CCC[C@H](Cc2nc(C3CC3)no2)C1. The largest absolute Gasteiger partial charge is 0.465 e. The predicted molar refractivity (Wildman–Crippen MR) is 87.0 cm³/mol. The standard InChI is InChI=1S/C18H21N3O3/c22-17(8-7-15-4-2-10-23-15)21-9-1-3-13(12-21)11-16-19-18(20-24-16)14-5-6-14/h2,4,7-8,10,13-14H,1,3,5-6,9,11-12H2/b8-7+/t13-/m1/s1. The third kappa shape index (κ3) is 3.58. The zero-order chi connectivity index (χ0) is 16.4. The van der Waals surface area contributed by atoms with Crippen molar-refractivity contribution in [2.75, 3.05) is 13.1 Å². The van der Waals surface area contributed by atoms with Crippen molar-refractivity contribution in [1.82, 2.24) is 15.0 Å². The van der Waals surface area contributed by atoms with Crippen molar-refractivity contribution in [1.29, 1.82) is 0 Å². The van der Waals surface area contributed by atoms with Crippen molar-refractivity contribution < 1.29 is 13.7 Å². The van der Waals surface area contributed by atoms with E-state index in [1.54, 1.807) is 24.5 Å². The van der Waals surface area contributed by atoms with Gasteiger partial charge in [0.15, 0.2) is 5.82 Å². The minimum atomic E-state index is 0.0281. The number of carbonyl (C=O) groups excluding carboxylic acids is 1. The van der Waals surface area contributed by atoms with Gasteiger partial charge in [-0.05, 0) is 49.8 Å². The zero-order valence-corrected chi connectivity index (χ0v) is 13.6. The lowest BCUT2D eigenvalue weighted by Gasteiger charge is -2.31. The van der Waals surface area contributed by atoms with Crippen molar-refractivity contribution in [3.05, 3.63) is 41.9 Å². The van der Waals surface area contributed by atoms with Crippen LogP contribution in [0.25, 0.3) is 6.08 Å². The first-order valence-electron chi connectivity index (χ1n) is 8.61.